The molecule has 0 saturated carbocycles. The van der Waals surface area contributed by atoms with Crippen LogP contribution >= 0.6 is 0 Å². The zero-order chi connectivity index (χ0) is 11.2. The summed E-state index contributed by atoms with van der Waals surface area (Å²) in [5, 5.41) is 0. The minimum atomic E-state index is -2.98. The van der Waals surface area contributed by atoms with E-state index in [-0.39, 0.29) is 6.10 Å². The number of piperidine rings is 1. The van der Waals surface area contributed by atoms with Gasteiger partial charge in [-0.3, -0.25) is 0 Å². The van der Waals surface area contributed by atoms with Crippen LogP contribution in [0.5, 0.6) is 0 Å². The van der Waals surface area contributed by atoms with Crippen molar-refractivity contribution in [3.63, 3.8) is 0 Å². The predicted molar refractivity (Wildman–Crippen MR) is 57.8 cm³/mol. The maximum atomic E-state index is 11.1. The van der Waals surface area contributed by atoms with Crippen molar-refractivity contribution in [1.29, 1.82) is 0 Å². The Morgan fingerprint density at radius 3 is 1.93 bits per heavy atom. The van der Waals surface area contributed by atoms with E-state index in [9.17, 15) is 8.42 Å². The summed E-state index contributed by atoms with van der Waals surface area (Å²) in [4.78, 5) is 0. The van der Waals surface area contributed by atoms with Crippen molar-refractivity contribution >= 4 is 10.0 Å². The van der Waals surface area contributed by atoms with E-state index in [2.05, 4.69) is 0 Å². The first kappa shape index (κ1) is 13.9. The van der Waals surface area contributed by atoms with Crippen LogP contribution in [0, 0.1) is 0 Å². The average molecular weight is 223 g/mol. The molecule has 1 rings (SSSR count). The van der Waals surface area contributed by atoms with Gasteiger partial charge in [0.1, 0.15) is 0 Å². The Hall–Kier alpha value is -0.130. The molecule has 0 atom stereocenters. The molecule has 14 heavy (non-hydrogen) atoms. The van der Waals surface area contributed by atoms with Crippen molar-refractivity contribution in [3.8, 4) is 0 Å². The lowest BCUT2D eigenvalue weighted by molar-refractivity contribution is 0.0606. The second kappa shape index (κ2) is 6.37. The maximum Gasteiger partial charge on any atom is 0.211 e. The van der Waals surface area contributed by atoms with Crippen LogP contribution in [0.3, 0.4) is 0 Å². The van der Waals surface area contributed by atoms with Crippen LogP contribution in [-0.2, 0) is 14.8 Å². The van der Waals surface area contributed by atoms with Crippen LogP contribution in [0.4, 0.5) is 0 Å². The number of rotatable bonds is 2. The van der Waals surface area contributed by atoms with Gasteiger partial charge >= 0.3 is 0 Å². The van der Waals surface area contributed by atoms with Gasteiger partial charge in [0.2, 0.25) is 10.0 Å². The minimum absolute atomic E-state index is 0.239. The predicted octanol–water partition coefficient (Wildman–Crippen LogP) is 1.08. The molecule has 0 radical (unpaired) electrons. The zero-order valence-electron chi connectivity index (χ0n) is 9.49. The third-order valence-electron chi connectivity index (χ3n) is 2.20. The fourth-order valence-corrected chi connectivity index (χ4v) is 2.27. The number of nitrogens with zero attached hydrogens (tertiary/aromatic N) is 1. The van der Waals surface area contributed by atoms with E-state index in [1.54, 1.807) is 7.11 Å². The molecule has 5 heteroatoms. The first-order chi connectivity index (χ1) is 6.54. The number of hydrogen-bond donors (Lipinski definition) is 0. The number of ether oxygens (including phenoxy) is 1. The highest BCUT2D eigenvalue weighted by molar-refractivity contribution is 7.88. The molecule has 0 spiro atoms. The second-order valence-corrected chi connectivity index (χ2v) is 5.08. The molecule has 0 aromatic carbocycles. The summed E-state index contributed by atoms with van der Waals surface area (Å²) >= 11 is 0. The van der Waals surface area contributed by atoms with Crippen LogP contribution in [0.2, 0.25) is 0 Å². The number of sulfonamides is 1. The SMILES string of the molecule is CC.COC1CCN(S(C)(=O)=O)CC1. The second-order valence-electron chi connectivity index (χ2n) is 3.10. The molecule has 1 aliphatic heterocycles. The zero-order valence-corrected chi connectivity index (χ0v) is 10.3. The minimum Gasteiger partial charge on any atom is -0.381 e. The van der Waals surface area contributed by atoms with Gasteiger partial charge in [-0.15, -0.1) is 0 Å². The molecule has 0 aliphatic carbocycles. The van der Waals surface area contributed by atoms with Gasteiger partial charge in [0, 0.05) is 20.2 Å². The third-order valence-corrected chi connectivity index (χ3v) is 3.51. The topological polar surface area (TPSA) is 46.6 Å². The van der Waals surface area contributed by atoms with Crippen molar-refractivity contribution in [2.45, 2.75) is 32.8 Å². The Kier molecular flexibility index (Phi) is 6.31. The van der Waals surface area contributed by atoms with E-state index in [1.165, 1.54) is 10.6 Å². The molecule has 0 unspecified atom stereocenters. The molecule has 1 aliphatic rings. The van der Waals surface area contributed by atoms with Crippen LogP contribution in [-0.4, -0.2) is 45.3 Å². The molecule has 0 N–H and O–H groups in total. The highest BCUT2D eigenvalue weighted by Crippen LogP contribution is 2.14. The third kappa shape index (κ3) is 4.39. The summed E-state index contributed by atoms with van der Waals surface area (Å²) in [7, 11) is -1.31. The Morgan fingerprint density at radius 1 is 1.21 bits per heavy atom. The Bertz CT molecular complexity index is 230. The van der Waals surface area contributed by atoms with E-state index >= 15 is 0 Å². The number of hydrogen-bond acceptors (Lipinski definition) is 3. The summed E-state index contributed by atoms with van der Waals surface area (Å²) < 4.78 is 28.8. The molecule has 0 amide bonds. The molecule has 4 nitrogen and oxygen atoms in total. The van der Waals surface area contributed by atoms with Crippen molar-refractivity contribution in [2.24, 2.45) is 0 Å². The van der Waals surface area contributed by atoms with Crippen molar-refractivity contribution in [3.05, 3.63) is 0 Å². The fourth-order valence-electron chi connectivity index (χ4n) is 1.40. The molecule has 1 heterocycles. The van der Waals surface area contributed by atoms with Crippen LogP contribution < -0.4 is 0 Å². The lowest BCUT2D eigenvalue weighted by atomic mass is 10.1. The van der Waals surface area contributed by atoms with Crippen molar-refractivity contribution in [2.75, 3.05) is 26.5 Å². The largest absolute Gasteiger partial charge is 0.381 e. The van der Waals surface area contributed by atoms with E-state index in [1.807, 2.05) is 13.8 Å². The van der Waals surface area contributed by atoms with Crippen LogP contribution in [0.15, 0.2) is 0 Å². The van der Waals surface area contributed by atoms with Gasteiger partial charge < -0.3 is 4.74 Å². The van der Waals surface area contributed by atoms with Gasteiger partial charge in [-0.25, -0.2) is 12.7 Å². The average Bonchev–Trinajstić information content (AvgIpc) is 2.20. The fraction of sp³-hybridized carbons (Fsp3) is 1.00. The highest BCUT2D eigenvalue weighted by atomic mass is 32.2. The van der Waals surface area contributed by atoms with Crippen LogP contribution in [0.25, 0.3) is 0 Å². The maximum absolute atomic E-state index is 11.1. The summed E-state index contributed by atoms with van der Waals surface area (Å²) in [6.45, 7) is 5.19. The Morgan fingerprint density at radius 2 is 1.64 bits per heavy atom. The van der Waals surface area contributed by atoms with E-state index in [0.29, 0.717) is 13.1 Å². The summed E-state index contributed by atoms with van der Waals surface area (Å²) in [6.07, 6.45) is 3.11. The molecule has 0 aromatic rings. The molecular formula is C9H21NO3S. The lowest BCUT2D eigenvalue weighted by Gasteiger charge is -2.29. The summed E-state index contributed by atoms with van der Waals surface area (Å²) in [6, 6.07) is 0. The smallest absolute Gasteiger partial charge is 0.211 e. The molecule has 1 fully saturated rings. The highest BCUT2D eigenvalue weighted by Gasteiger charge is 2.24. The molecule has 1 saturated heterocycles. The van der Waals surface area contributed by atoms with Gasteiger partial charge in [0.25, 0.3) is 0 Å². The molecular weight excluding hydrogens is 202 g/mol. The Balaban J connectivity index is 0.000000791. The first-order valence-corrected chi connectivity index (χ1v) is 6.87. The first-order valence-electron chi connectivity index (χ1n) is 5.02. The molecule has 0 aromatic heterocycles. The van der Waals surface area contributed by atoms with E-state index < -0.39 is 10.0 Å². The molecule has 0 bridgehead atoms. The standard InChI is InChI=1S/C7H15NO3S.C2H6/c1-11-7-3-5-8(6-4-7)12(2,9)10;1-2/h7H,3-6H2,1-2H3;1-2H3. The summed E-state index contributed by atoms with van der Waals surface area (Å²) in [5.41, 5.74) is 0. The number of methoxy groups -OCH3 is 1. The monoisotopic (exact) mass is 223 g/mol. The Labute approximate surface area is 87.3 Å². The lowest BCUT2D eigenvalue weighted by Crippen LogP contribution is -2.39. The quantitative estimate of drug-likeness (QED) is 0.704. The van der Waals surface area contributed by atoms with Crippen molar-refractivity contribution < 1.29 is 13.2 Å². The van der Waals surface area contributed by atoms with Gasteiger partial charge in [-0.1, -0.05) is 13.8 Å². The van der Waals surface area contributed by atoms with E-state index in [4.69, 9.17) is 4.74 Å². The van der Waals surface area contributed by atoms with Gasteiger partial charge in [0.15, 0.2) is 0 Å². The van der Waals surface area contributed by atoms with Gasteiger partial charge in [-0.05, 0) is 12.8 Å². The van der Waals surface area contributed by atoms with Crippen LogP contribution in [0.1, 0.15) is 26.7 Å². The van der Waals surface area contributed by atoms with E-state index in [0.717, 1.165) is 12.8 Å². The van der Waals surface area contributed by atoms with Crippen molar-refractivity contribution in [1.82, 2.24) is 4.31 Å². The van der Waals surface area contributed by atoms with Gasteiger partial charge in [-0.2, -0.15) is 0 Å². The molecule has 86 valence electrons. The normalized spacial score (nSPS) is 20.0. The van der Waals surface area contributed by atoms with Gasteiger partial charge in [0.05, 0.1) is 12.4 Å². The summed E-state index contributed by atoms with van der Waals surface area (Å²) in [5.74, 6) is 0.